The van der Waals surface area contributed by atoms with Crippen molar-refractivity contribution in [2.24, 2.45) is 0 Å². The number of rotatable bonds is 4. The van der Waals surface area contributed by atoms with Gasteiger partial charge in [-0.25, -0.2) is 0 Å². The molecule has 0 fully saturated rings. The van der Waals surface area contributed by atoms with Crippen LogP contribution in [0.2, 0.25) is 5.02 Å². The lowest BCUT2D eigenvalue weighted by Crippen LogP contribution is -1.90. The number of unbranched alkanes of at least 4 members (excludes halogenated alkanes) is 1. The van der Waals surface area contributed by atoms with Gasteiger partial charge in [0.1, 0.15) is 5.75 Å². The zero-order valence-electron chi connectivity index (χ0n) is 8.09. The molecule has 0 saturated carbocycles. The van der Waals surface area contributed by atoms with Gasteiger partial charge in [0, 0.05) is 0 Å². The zero-order valence-corrected chi connectivity index (χ0v) is 8.84. The van der Waals surface area contributed by atoms with E-state index in [1.54, 1.807) is 12.1 Å². The van der Waals surface area contributed by atoms with Gasteiger partial charge in [-0.2, -0.15) is 0 Å². The number of hydrogen-bond acceptors (Lipinski definition) is 2. The molecule has 0 unspecified atom stereocenters. The predicted molar refractivity (Wildman–Crippen MR) is 57.1 cm³/mol. The Labute approximate surface area is 88.5 Å². The van der Waals surface area contributed by atoms with Gasteiger partial charge in [-0.1, -0.05) is 31.0 Å². The van der Waals surface area contributed by atoms with Gasteiger partial charge in [0.2, 0.25) is 0 Å². The number of aromatic hydroxyl groups is 1. The second kappa shape index (κ2) is 5.01. The summed E-state index contributed by atoms with van der Waals surface area (Å²) in [5.41, 5.74) is 1.15. The van der Waals surface area contributed by atoms with E-state index >= 15 is 0 Å². The quantitative estimate of drug-likeness (QED) is 0.779. The number of halogens is 1. The zero-order chi connectivity index (χ0) is 10.6. The highest BCUT2D eigenvalue weighted by atomic mass is 35.5. The van der Waals surface area contributed by atoms with E-state index in [4.69, 9.17) is 11.6 Å². The number of aldehydes is 1. The van der Waals surface area contributed by atoms with Gasteiger partial charge in [-0.15, -0.1) is 0 Å². The lowest BCUT2D eigenvalue weighted by molar-refractivity contribution is 0.112. The SMILES string of the molecule is CCCCc1ccc(C=O)c(O)c1Cl. The Balaban J connectivity index is 2.98. The standard InChI is InChI=1S/C11H13ClO2/c1-2-3-4-8-5-6-9(7-13)11(14)10(8)12/h5-7,14H,2-4H2,1H3. The summed E-state index contributed by atoms with van der Waals surface area (Å²) in [6.45, 7) is 2.09. The average molecular weight is 213 g/mol. The molecule has 0 aliphatic heterocycles. The third-order valence-corrected chi connectivity index (χ3v) is 2.58. The van der Waals surface area contributed by atoms with Crippen LogP contribution in [0.5, 0.6) is 5.75 Å². The molecule has 0 radical (unpaired) electrons. The molecule has 14 heavy (non-hydrogen) atoms. The molecule has 0 aromatic heterocycles. The topological polar surface area (TPSA) is 37.3 Å². The second-order valence-corrected chi connectivity index (χ2v) is 3.58. The Hall–Kier alpha value is -1.02. The fourth-order valence-electron chi connectivity index (χ4n) is 1.28. The smallest absolute Gasteiger partial charge is 0.153 e. The molecule has 3 heteroatoms. The normalized spacial score (nSPS) is 10.1. The van der Waals surface area contributed by atoms with Crippen LogP contribution in [-0.4, -0.2) is 11.4 Å². The number of benzene rings is 1. The van der Waals surface area contributed by atoms with E-state index in [2.05, 4.69) is 6.92 Å². The summed E-state index contributed by atoms with van der Waals surface area (Å²) >= 11 is 5.90. The van der Waals surface area contributed by atoms with Crippen LogP contribution in [0.3, 0.4) is 0 Å². The van der Waals surface area contributed by atoms with E-state index in [1.165, 1.54) is 0 Å². The molecule has 2 nitrogen and oxygen atoms in total. The van der Waals surface area contributed by atoms with Gasteiger partial charge in [0.25, 0.3) is 0 Å². The molecule has 1 rings (SSSR count). The van der Waals surface area contributed by atoms with Crippen molar-refractivity contribution in [3.05, 3.63) is 28.3 Å². The van der Waals surface area contributed by atoms with Gasteiger partial charge in [0.05, 0.1) is 10.6 Å². The van der Waals surface area contributed by atoms with E-state index in [0.29, 0.717) is 11.3 Å². The molecule has 1 N–H and O–H groups in total. The molecule has 76 valence electrons. The number of phenolic OH excluding ortho intramolecular Hbond substituents is 1. The molecule has 0 bridgehead atoms. The maximum atomic E-state index is 10.5. The summed E-state index contributed by atoms with van der Waals surface area (Å²) < 4.78 is 0. The molecule has 0 amide bonds. The first-order valence-electron chi connectivity index (χ1n) is 4.66. The van der Waals surface area contributed by atoms with Crippen LogP contribution in [0.25, 0.3) is 0 Å². The van der Waals surface area contributed by atoms with Crippen molar-refractivity contribution in [2.75, 3.05) is 0 Å². The Morgan fingerprint density at radius 3 is 2.79 bits per heavy atom. The largest absolute Gasteiger partial charge is 0.506 e. The van der Waals surface area contributed by atoms with E-state index < -0.39 is 0 Å². The maximum absolute atomic E-state index is 10.5. The summed E-state index contributed by atoms with van der Waals surface area (Å²) in [5.74, 6) is -0.102. The van der Waals surface area contributed by atoms with E-state index in [9.17, 15) is 9.90 Å². The lowest BCUT2D eigenvalue weighted by Gasteiger charge is -2.06. The predicted octanol–water partition coefficient (Wildman–Crippen LogP) is 3.20. The van der Waals surface area contributed by atoms with Crippen molar-refractivity contribution in [3.63, 3.8) is 0 Å². The average Bonchev–Trinajstić information content (AvgIpc) is 2.20. The van der Waals surface area contributed by atoms with Gasteiger partial charge in [-0.05, 0) is 24.5 Å². The van der Waals surface area contributed by atoms with E-state index in [-0.39, 0.29) is 11.3 Å². The molecule has 0 saturated heterocycles. The van der Waals surface area contributed by atoms with Crippen LogP contribution in [0.1, 0.15) is 35.7 Å². The first-order chi connectivity index (χ1) is 6.70. The molecule has 0 heterocycles. The highest BCUT2D eigenvalue weighted by Crippen LogP contribution is 2.30. The number of carbonyl (C=O) groups is 1. The molecule has 1 aromatic carbocycles. The van der Waals surface area contributed by atoms with Crippen LogP contribution in [-0.2, 0) is 6.42 Å². The number of hydrogen-bond donors (Lipinski definition) is 1. The third kappa shape index (κ3) is 2.26. The first-order valence-corrected chi connectivity index (χ1v) is 5.04. The Morgan fingerprint density at radius 1 is 1.50 bits per heavy atom. The van der Waals surface area contributed by atoms with Crippen molar-refractivity contribution in [1.29, 1.82) is 0 Å². The monoisotopic (exact) mass is 212 g/mol. The van der Waals surface area contributed by atoms with Gasteiger partial charge in [0.15, 0.2) is 6.29 Å². The van der Waals surface area contributed by atoms with Crippen LogP contribution in [0.4, 0.5) is 0 Å². The summed E-state index contributed by atoms with van der Waals surface area (Å²) in [7, 11) is 0. The maximum Gasteiger partial charge on any atom is 0.153 e. The first kappa shape index (κ1) is 11.1. The molecular formula is C11H13ClO2. The van der Waals surface area contributed by atoms with E-state index in [0.717, 1.165) is 24.8 Å². The van der Waals surface area contributed by atoms with Gasteiger partial charge >= 0.3 is 0 Å². The number of aryl methyl sites for hydroxylation is 1. The molecular weight excluding hydrogens is 200 g/mol. The van der Waals surface area contributed by atoms with Crippen LogP contribution >= 0.6 is 11.6 Å². The van der Waals surface area contributed by atoms with Crippen molar-refractivity contribution in [3.8, 4) is 5.75 Å². The summed E-state index contributed by atoms with van der Waals surface area (Å²) in [6, 6.07) is 3.39. The molecule has 1 aromatic rings. The van der Waals surface area contributed by atoms with Gasteiger partial charge < -0.3 is 5.11 Å². The highest BCUT2D eigenvalue weighted by Gasteiger charge is 2.09. The molecule has 0 aliphatic carbocycles. The fraction of sp³-hybridized carbons (Fsp3) is 0.364. The minimum absolute atomic E-state index is 0.102. The lowest BCUT2D eigenvalue weighted by atomic mass is 10.1. The Morgan fingerprint density at radius 2 is 2.21 bits per heavy atom. The second-order valence-electron chi connectivity index (χ2n) is 3.20. The molecule has 0 atom stereocenters. The minimum Gasteiger partial charge on any atom is -0.506 e. The van der Waals surface area contributed by atoms with Crippen LogP contribution in [0, 0.1) is 0 Å². The van der Waals surface area contributed by atoms with Crippen molar-refractivity contribution in [2.45, 2.75) is 26.2 Å². The van der Waals surface area contributed by atoms with Crippen molar-refractivity contribution < 1.29 is 9.90 Å². The number of carbonyl (C=O) groups excluding carboxylic acids is 1. The summed E-state index contributed by atoms with van der Waals surface area (Å²) in [6.07, 6.45) is 3.54. The van der Waals surface area contributed by atoms with Crippen molar-refractivity contribution >= 4 is 17.9 Å². The van der Waals surface area contributed by atoms with Gasteiger partial charge in [-0.3, -0.25) is 4.79 Å². The Kier molecular flexibility index (Phi) is 3.96. The summed E-state index contributed by atoms with van der Waals surface area (Å²) in [4.78, 5) is 10.5. The Bertz CT molecular complexity index is 334. The van der Waals surface area contributed by atoms with E-state index in [1.807, 2.05) is 0 Å². The highest BCUT2D eigenvalue weighted by molar-refractivity contribution is 6.33. The van der Waals surface area contributed by atoms with Crippen LogP contribution in [0.15, 0.2) is 12.1 Å². The van der Waals surface area contributed by atoms with Crippen molar-refractivity contribution in [1.82, 2.24) is 0 Å². The summed E-state index contributed by atoms with van der Waals surface area (Å²) in [5, 5.41) is 9.82. The molecule has 0 aliphatic rings. The minimum atomic E-state index is -0.102. The molecule has 0 spiro atoms. The van der Waals surface area contributed by atoms with Crippen LogP contribution < -0.4 is 0 Å². The fourth-order valence-corrected chi connectivity index (χ4v) is 1.54. The number of phenols is 1. The third-order valence-electron chi connectivity index (χ3n) is 2.15.